The summed E-state index contributed by atoms with van der Waals surface area (Å²) in [5, 5.41) is 0. The maximum atomic E-state index is 12.1. The van der Waals surface area contributed by atoms with Crippen molar-refractivity contribution in [3.05, 3.63) is 66.6 Å². The Balaban J connectivity index is 2.13. The first-order chi connectivity index (χ1) is 14.2. The Labute approximate surface area is 195 Å². The number of rotatable bonds is 3. The Bertz CT molecular complexity index is 1410. The molecule has 0 aliphatic carbocycles. The molecule has 1 aromatic carbocycles. The molecule has 0 fully saturated rings. The number of fused-ring (bicyclic) bond motifs is 2. The fourth-order valence-corrected chi connectivity index (χ4v) is 6.99. The summed E-state index contributed by atoms with van der Waals surface area (Å²) >= 11 is 2.18. The molecule has 2 N–H and O–H groups in total. The monoisotopic (exact) mass is 573 g/mol. The predicted octanol–water partition coefficient (Wildman–Crippen LogP) is 3.18. The van der Waals surface area contributed by atoms with Crippen molar-refractivity contribution in [2.75, 3.05) is 0 Å². The second-order valence-electron chi connectivity index (χ2n) is 7.63. The highest BCUT2D eigenvalue weighted by Crippen LogP contribution is 2.48. The number of halogens is 1. The Morgan fingerprint density at radius 3 is 2.10 bits per heavy atom. The van der Waals surface area contributed by atoms with Crippen LogP contribution in [0.2, 0.25) is 0 Å². The molecule has 1 radical (unpaired) electrons. The van der Waals surface area contributed by atoms with Crippen LogP contribution in [0.5, 0.6) is 0 Å². The number of benzene rings is 1. The molecule has 2 aliphatic rings. The van der Waals surface area contributed by atoms with Gasteiger partial charge in [-0.05, 0) is 66.6 Å². The van der Waals surface area contributed by atoms with Crippen molar-refractivity contribution in [3.63, 3.8) is 0 Å². The smallest absolute Gasteiger partial charge is 0.374 e. The quantitative estimate of drug-likeness (QED) is 0.329. The normalized spacial score (nSPS) is 18.9. The van der Waals surface area contributed by atoms with Gasteiger partial charge in [0.25, 0.3) is 20.2 Å². The number of allylic oxidation sites excluding steroid dienone is 2. The van der Waals surface area contributed by atoms with Gasteiger partial charge in [-0.2, -0.15) is 16.8 Å². The van der Waals surface area contributed by atoms with E-state index in [-0.39, 0.29) is 9.80 Å². The van der Waals surface area contributed by atoms with E-state index in [4.69, 9.17) is 0 Å². The van der Waals surface area contributed by atoms with Gasteiger partial charge in [0, 0.05) is 37.8 Å². The van der Waals surface area contributed by atoms with Crippen LogP contribution >= 0.6 is 22.6 Å². The molecule has 0 amide bonds. The van der Waals surface area contributed by atoms with Crippen molar-refractivity contribution >= 4 is 55.9 Å². The third-order valence-corrected chi connectivity index (χ3v) is 8.84. The molecule has 0 spiro atoms. The van der Waals surface area contributed by atoms with Crippen LogP contribution < -0.4 is 0 Å². The molecular weight excluding hydrogens is 554 g/mol. The van der Waals surface area contributed by atoms with Crippen LogP contribution in [0.15, 0.2) is 45.5 Å². The van der Waals surface area contributed by atoms with Crippen molar-refractivity contribution in [1.82, 2.24) is 9.29 Å². The van der Waals surface area contributed by atoms with Gasteiger partial charge in [-0.15, -0.1) is 0 Å². The molecule has 2 aromatic rings. The van der Waals surface area contributed by atoms with E-state index in [1.807, 2.05) is 24.3 Å². The van der Waals surface area contributed by atoms with Gasteiger partial charge in [-0.25, -0.2) is 0 Å². The maximum absolute atomic E-state index is 12.1. The second kappa shape index (κ2) is 7.20. The van der Waals surface area contributed by atoms with E-state index >= 15 is 0 Å². The SMILES string of the molecule is CC1=C(S(=O)(=O)O)C(C)C2=C(c3ccc(I)cc3)c3c(C)c(S(=O)(=O)O)c(C)n3[B]N12. The van der Waals surface area contributed by atoms with E-state index in [2.05, 4.69) is 22.6 Å². The molecule has 2 aliphatic heterocycles. The summed E-state index contributed by atoms with van der Waals surface area (Å²) in [5.41, 5.74) is 3.56. The lowest BCUT2D eigenvalue weighted by molar-refractivity contribution is 0.481. The Morgan fingerprint density at radius 2 is 1.58 bits per heavy atom. The highest BCUT2D eigenvalue weighted by molar-refractivity contribution is 14.1. The molecule has 0 bridgehead atoms. The third kappa shape index (κ3) is 3.39. The molecule has 1 unspecified atom stereocenters. The minimum absolute atomic E-state index is 0.0992. The average molecular weight is 573 g/mol. The summed E-state index contributed by atoms with van der Waals surface area (Å²) in [6.07, 6.45) is 0. The Kier molecular flexibility index (Phi) is 5.25. The van der Waals surface area contributed by atoms with E-state index in [1.165, 1.54) is 0 Å². The fraction of sp³-hybridized carbons (Fsp3) is 0.263. The molecule has 31 heavy (non-hydrogen) atoms. The molecule has 1 atom stereocenters. The predicted molar refractivity (Wildman–Crippen MR) is 125 cm³/mol. The molecule has 0 saturated carbocycles. The topological polar surface area (TPSA) is 117 Å². The molecule has 163 valence electrons. The minimum atomic E-state index is -4.49. The summed E-state index contributed by atoms with van der Waals surface area (Å²) in [6, 6.07) is 7.55. The second-order valence-corrected chi connectivity index (χ2v) is 11.6. The van der Waals surface area contributed by atoms with Crippen LogP contribution in [-0.4, -0.2) is 42.8 Å². The first-order valence-electron chi connectivity index (χ1n) is 9.27. The summed E-state index contributed by atoms with van der Waals surface area (Å²) in [7, 11) is -7.34. The molecule has 12 heteroatoms. The summed E-state index contributed by atoms with van der Waals surface area (Å²) < 4.78 is 70.8. The molecule has 8 nitrogen and oxygen atoms in total. The van der Waals surface area contributed by atoms with Gasteiger partial charge in [0.15, 0.2) is 0 Å². The maximum Gasteiger partial charge on any atom is 0.400 e. The van der Waals surface area contributed by atoms with Crippen molar-refractivity contribution in [2.45, 2.75) is 32.6 Å². The van der Waals surface area contributed by atoms with Crippen molar-refractivity contribution < 1.29 is 25.9 Å². The van der Waals surface area contributed by atoms with Crippen molar-refractivity contribution in [3.8, 4) is 0 Å². The molecule has 1 aromatic heterocycles. The molecule has 0 saturated heterocycles. The van der Waals surface area contributed by atoms with Gasteiger partial charge in [0.2, 0.25) is 0 Å². The van der Waals surface area contributed by atoms with Crippen molar-refractivity contribution in [2.24, 2.45) is 5.92 Å². The largest absolute Gasteiger partial charge is 0.400 e. The van der Waals surface area contributed by atoms with E-state index in [9.17, 15) is 25.9 Å². The summed E-state index contributed by atoms with van der Waals surface area (Å²) in [6.45, 7) is 6.47. The van der Waals surface area contributed by atoms with Crippen LogP contribution in [0.4, 0.5) is 0 Å². The zero-order valence-corrected chi connectivity index (χ0v) is 20.9. The van der Waals surface area contributed by atoms with Crippen LogP contribution in [0.25, 0.3) is 5.57 Å². The third-order valence-electron chi connectivity index (χ3n) is 5.80. The standard InChI is InChI=1S/C19H19BIN2O6S2/c1-9-16-15(13-5-7-14(21)8-6-13)17-10(2)19(31(27,28)29)12(4)23(17)20-22(16)11(3)18(9)30(24,25)26/h5-9H,1-4H3,(H,24,25,26)(H,27,28,29). The van der Waals surface area contributed by atoms with Crippen LogP contribution in [0, 0.1) is 23.3 Å². The Hall–Kier alpha value is -1.61. The van der Waals surface area contributed by atoms with Crippen LogP contribution in [-0.2, 0) is 20.2 Å². The van der Waals surface area contributed by atoms with E-state index in [0.717, 1.165) is 9.13 Å². The van der Waals surface area contributed by atoms with Gasteiger partial charge in [-0.3, -0.25) is 9.11 Å². The zero-order chi connectivity index (χ0) is 23.0. The molecular formula is C19H19BIN2O6S2. The van der Waals surface area contributed by atoms with Gasteiger partial charge < -0.3 is 9.29 Å². The lowest BCUT2D eigenvalue weighted by Crippen LogP contribution is -2.35. The number of hydrogen-bond donors (Lipinski definition) is 2. The number of aromatic nitrogens is 1. The lowest BCUT2D eigenvalue weighted by Gasteiger charge is -2.33. The summed E-state index contributed by atoms with van der Waals surface area (Å²) in [4.78, 5) is 1.39. The van der Waals surface area contributed by atoms with Gasteiger partial charge in [0.1, 0.15) is 4.90 Å². The summed E-state index contributed by atoms with van der Waals surface area (Å²) in [5.74, 6) is -0.668. The Morgan fingerprint density at radius 1 is 1.00 bits per heavy atom. The van der Waals surface area contributed by atoms with Crippen LogP contribution in [0.1, 0.15) is 36.4 Å². The first kappa shape index (κ1) is 22.6. The average Bonchev–Trinajstić information content (AvgIpc) is 3.05. The highest BCUT2D eigenvalue weighted by Gasteiger charge is 2.44. The number of nitrogens with zero attached hydrogens (tertiary/aromatic N) is 2. The van der Waals surface area contributed by atoms with E-state index in [0.29, 0.717) is 33.9 Å². The molecule has 4 rings (SSSR count). The lowest BCUT2D eigenvalue weighted by atomic mass is 9.87. The number of hydrogen-bond acceptors (Lipinski definition) is 5. The van der Waals surface area contributed by atoms with Gasteiger partial charge in [0.05, 0.1) is 4.91 Å². The van der Waals surface area contributed by atoms with Crippen molar-refractivity contribution in [1.29, 1.82) is 0 Å². The minimum Gasteiger partial charge on any atom is -0.374 e. The van der Waals surface area contributed by atoms with Gasteiger partial charge >= 0.3 is 7.55 Å². The van der Waals surface area contributed by atoms with E-state index < -0.39 is 26.2 Å². The zero-order valence-electron chi connectivity index (χ0n) is 17.1. The van der Waals surface area contributed by atoms with Gasteiger partial charge in [-0.1, -0.05) is 19.1 Å². The first-order valence-corrected chi connectivity index (χ1v) is 13.2. The molecule has 3 heterocycles. The fourth-order valence-electron chi connectivity index (χ4n) is 4.65. The van der Waals surface area contributed by atoms with E-state index in [1.54, 1.807) is 44.5 Å². The highest BCUT2D eigenvalue weighted by atomic mass is 127. The van der Waals surface area contributed by atoms with Crippen LogP contribution in [0.3, 0.4) is 0 Å².